The number of hydrogen-bond acceptors (Lipinski definition) is 5. The largest absolute Gasteiger partial charge is 0.444 e. The predicted molar refractivity (Wildman–Crippen MR) is 154 cm³/mol. The Labute approximate surface area is 228 Å². The van der Waals surface area contributed by atoms with Gasteiger partial charge in [-0.05, 0) is 72.0 Å². The molecule has 0 fully saturated rings. The van der Waals surface area contributed by atoms with Crippen molar-refractivity contribution < 1.29 is 19.1 Å². The predicted octanol–water partition coefficient (Wildman–Crippen LogP) is 6.01. The van der Waals surface area contributed by atoms with Crippen molar-refractivity contribution in [1.29, 1.82) is 0 Å². The first-order chi connectivity index (χ1) is 17.4. The van der Waals surface area contributed by atoms with Crippen LogP contribution in [0.5, 0.6) is 0 Å². The molecule has 0 heterocycles. The number of nitrogens with one attached hydrogen (secondary N) is 2. The average Bonchev–Trinajstić information content (AvgIpc) is 2.78. The fourth-order valence-corrected chi connectivity index (χ4v) is 4.54. The van der Waals surface area contributed by atoms with Gasteiger partial charge in [-0.25, -0.2) is 4.79 Å². The van der Waals surface area contributed by atoms with Crippen molar-refractivity contribution in [2.45, 2.75) is 111 Å². The lowest BCUT2D eigenvalue weighted by atomic mass is 9.99. The van der Waals surface area contributed by atoms with E-state index in [0.29, 0.717) is 18.7 Å². The summed E-state index contributed by atoms with van der Waals surface area (Å²) in [5, 5.41) is 5.81. The van der Waals surface area contributed by atoms with Gasteiger partial charge in [-0.3, -0.25) is 9.59 Å². The zero-order valence-corrected chi connectivity index (χ0v) is 25.0. The van der Waals surface area contributed by atoms with Gasteiger partial charge in [-0.2, -0.15) is 11.8 Å². The van der Waals surface area contributed by atoms with Gasteiger partial charge >= 0.3 is 6.09 Å². The molecule has 8 heteroatoms. The molecule has 2 atom stereocenters. The smallest absolute Gasteiger partial charge is 0.408 e. The summed E-state index contributed by atoms with van der Waals surface area (Å²) in [5.41, 5.74) is 1.10. The molecule has 1 rings (SSSR count). The highest BCUT2D eigenvalue weighted by molar-refractivity contribution is 7.98. The topological polar surface area (TPSA) is 87.7 Å². The minimum absolute atomic E-state index is 0.0755. The quantitative estimate of drug-likeness (QED) is 0.269. The van der Waals surface area contributed by atoms with Crippen LogP contribution in [0, 0.1) is 6.92 Å². The third kappa shape index (κ3) is 12.7. The highest BCUT2D eigenvalue weighted by Gasteiger charge is 2.36. The molecule has 0 bridgehead atoms. The Kier molecular flexibility index (Phi) is 14.7. The van der Waals surface area contributed by atoms with Crippen molar-refractivity contribution in [3.05, 3.63) is 35.4 Å². The van der Waals surface area contributed by atoms with Gasteiger partial charge in [-0.1, -0.05) is 62.4 Å². The third-order valence-electron chi connectivity index (χ3n) is 5.73. The normalized spacial score (nSPS) is 13.1. The number of benzene rings is 1. The van der Waals surface area contributed by atoms with E-state index in [1.807, 2.05) is 51.3 Å². The number of thioether (sulfide) groups is 1. The second-order valence-electron chi connectivity index (χ2n) is 10.9. The van der Waals surface area contributed by atoms with Crippen molar-refractivity contribution >= 4 is 29.7 Å². The van der Waals surface area contributed by atoms with E-state index >= 15 is 0 Å². The molecule has 0 aromatic heterocycles. The molecule has 0 aliphatic rings. The summed E-state index contributed by atoms with van der Waals surface area (Å²) < 4.78 is 5.46. The highest BCUT2D eigenvalue weighted by Crippen LogP contribution is 2.25. The molecule has 0 aliphatic heterocycles. The molecular weight excluding hydrogens is 486 g/mol. The lowest BCUT2D eigenvalue weighted by Crippen LogP contribution is -2.54. The first-order valence-electron chi connectivity index (χ1n) is 13.6. The van der Waals surface area contributed by atoms with Crippen LogP contribution in [0.15, 0.2) is 24.3 Å². The van der Waals surface area contributed by atoms with Crippen LogP contribution in [-0.4, -0.2) is 59.0 Å². The van der Waals surface area contributed by atoms with E-state index in [9.17, 15) is 14.4 Å². The van der Waals surface area contributed by atoms with Crippen molar-refractivity contribution in [1.82, 2.24) is 15.5 Å². The molecule has 0 aliphatic carbocycles. The van der Waals surface area contributed by atoms with E-state index < -0.39 is 23.8 Å². The van der Waals surface area contributed by atoms with Gasteiger partial charge in [0.05, 0.1) is 0 Å². The lowest BCUT2D eigenvalue weighted by Gasteiger charge is -2.35. The maximum Gasteiger partial charge on any atom is 0.408 e. The van der Waals surface area contributed by atoms with Crippen LogP contribution in [0.1, 0.15) is 97.2 Å². The molecule has 0 radical (unpaired) electrons. The van der Waals surface area contributed by atoms with Crippen LogP contribution in [0.2, 0.25) is 0 Å². The number of aryl methyl sites for hydroxylation is 1. The van der Waals surface area contributed by atoms with E-state index in [2.05, 4.69) is 17.6 Å². The van der Waals surface area contributed by atoms with Crippen LogP contribution in [0.3, 0.4) is 0 Å². The summed E-state index contributed by atoms with van der Waals surface area (Å²) in [5.74, 6) is 0.202. The zero-order chi connectivity index (χ0) is 28.0. The van der Waals surface area contributed by atoms with Gasteiger partial charge in [0.25, 0.3) is 0 Å². The second-order valence-corrected chi connectivity index (χ2v) is 11.9. The minimum atomic E-state index is -0.794. The number of alkyl carbamates (subject to hydrolysis) is 1. The molecule has 7 nitrogen and oxygen atoms in total. The van der Waals surface area contributed by atoms with E-state index in [4.69, 9.17) is 4.74 Å². The Morgan fingerprint density at radius 2 is 1.73 bits per heavy atom. The number of rotatable bonds is 15. The Hall–Kier alpha value is -2.22. The van der Waals surface area contributed by atoms with Crippen LogP contribution in [-0.2, 0) is 14.3 Å². The monoisotopic (exact) mass is 535 g/mol. The molecule has 2 unspecified atom stereocenters. The second kappa shape index (κ2) is 16.6. The number of amides is 3. The summed E-state index contributed by atoms with van der Waals surface area (Å²) >= 11 is 1.61. The van der Waals surface area contributed by atoms with Crippen molar-refractivity contribution in [3.8, 4) is 0 Å². The van der Waals surface area contributed by atoms with Crippen molar-refractivity contribution in [3.63, 3.8) is 0 Å². The molecule has 0 saturated heterocycles. The minimum Gasteiger partial charge on any atom is -0.444 e. The number of unbranched alkanes of at least 4 members (excludes halogenated alkanes) is 4. The molecule has 210 valence electrons. The van der Waals surface area contributed by atoms with Crippen LogP contribution < -0.4 is 10.6 Å². The number of carbonyl (C=O) groups is 3. The Morgan fingerprint density at radius 1 is 1.05 bits per heavy atom. The average molecular weight is 536 g/mol. The molecule has 2 N–H and O–H groups in total. The van der Waals surface area contributed by atoms with Gasteiger partial charge in [0.15, 0.2) is 0 Å². The third-order valence-corrected chi connectivity index (χ3v) is 6.38. The standard InChI is InChI=1S/C29H49N3O4S/c1-9-10-11-12-13-18-32(25(26(33)30-21(2)3)23-16-14-15-22(4)20-23)27(34)24(17-19-37-8)31-28(35)36-29(5,6)7/h14-16,20-21,24-25H,9-13,17-19H2,1-8H3,(H,30,33)(H,31,35). The fourth-order valence-electron chi connectivity index (χ4n) is 4.07. The molecule has 3 amide bonds. The van der Waals surface area contributed by atoms with Gasteiger partial charge in [0.1, 0.15) is 17.7 Å². The van der Waals surface area contributed by atoms with Crippen LogP contribution in [0.25, 0.3) is 0 Å². The zero-order valence-electron chi connectivity index (χ0n) is 24.2. The molecule has 1 aromatic rings. The molecule has 0 saturated carbocycles. The Balaban J connectivity index is 3.42. The number of nitrogens with zero attached hydrogens (tertiary/aromatic N) is 1. The summed E-state index contributed by atoms with van der Waals surface area (Å²) in [6, 6.07) is 6.08. The van der Waals surface area contributed by atoms with Crippen LogP contribution >= 0.6 is 11.8 Å². The summed E-state index contributed by atoms with van der Waals surface area (Å²) in [6.45, 7) is 13.8. The number of ether oxygens (including phenoxy) is 1. The van der Waals surface area contributed by atoms with E-state index in [1.54, 1.807) is 37.4 Å². The molecule has 37 heavy (non-hydrogen) atoms. The van der Waals surface area contributed by atoms with Gasteiger partial charge in [-0.15, -0.1) is 0 Å². The molecule has 0 spiro atoms. The number of hydrogen-bond donors (Lipinski definition) is 2. The van der Waals surface area contributed by atoms with Gasteiger partial charge in [0, 0.05) is 12.6 Å². The maximum atomic E-state index is 14.1. The number of carbonyl (C=O) groups excluding carboxylic acids is 3. The van der Waals surface area contributed by atoms with Gasteiger partial charge in [0.2, 0.25) is 11.8 Å². The van der Waals surface area contributed by atoms with Crippen molar-refractivity contribution in [2.75, 3.05) is 18.6 Å². The lowest BCUT2D eigenvalue weighted by molar-refractivity contribution is -0.142. The summed E-state index contributed by atoms with van der Waals surface area (Å²) in [6.07, 6.45) is 6.88. The van der Waals surface area contributed by atoms with E-state index in [-0.39, 0.29) is 17.9 Å². The molecule has 1 aromatic carbocycles. The first kappa shape index (κ1) is 32.8. The summed E-state index contributed by atoms with van der Waals surface area (Å²) in [7, 11) is 0. The Morgan fingerprint density at radius 3 is 2.30 bits per heavy atom. The maximum absolute atomic E-state index is 14.1. The van der Waals surface area contributed by atoms with E-state index in [0.717, 1.165) is 43.2 Å². The molecular formula is C29H49N3O4S. The summed E-state index contributed by atoms with van der Waals surface area (Å²) in [4.78, 5) is 42.0. The van der Waals surface area contributed by atoms with E-state index in [1.165, 1.54) is 0 Å². The van der Waals surface area contributed by atoms with Crippen LogP contribution in [0.4, 0.5) is 4.79 Å². The fraction of sp³-hybridized carbons (Fsp3) is 0.690. The van der Waals surface area contributed by atoms with Crippen molar-refractivity contribution in [2.24, 2.45) is 0 Å². The van der Waals surface area contributed by atoms with Gasteiger partial charge < -0.3 is 20.3 Å². The highest BCUT2D eigenvalue weighted by atomic mass is 32.2. The SMILES string of the molecule is CCCCCCCN(C(=O)C(CCSC)NC(=O)OC(C)(C)C)C(C(=O)NC(C)C)c1cccc(C)c1. The first-order valence-corrected chi connectivity index (χ1v) is 14.9. The Bertz CT molecular complexity index is 854.